The van der Waals surface area contributed by atoms with Gasteiger partial charge >= 0.3 is 18.3 Å². The Morgan fingerprint density at radius 2 is 1.65 bits per heavy atom. The molecule has 2 aromatic carbocycles. The van der Waals surface area contributed by atoms with Crippen LogP contribution in [0.4, 0.5) is 38.0 Å². The molecule has 34 heavy (non-hydrogen) atoms. The van der Waals surface area contributed by atoms with Crippen LogP contribution in [-0.4, -0.2) is 9.97 Å². The predicted molar refractivity (Wildman–Crippen MR) is 113 cm³/mol. The largest absolute Gasteiger partial charge is 0.438 e. The third-order valence-corrected chi connectivity index (χ3v) is 5.00. The van der Waals surface area contributed by atoms with E-state index in [4.69, 9.17) is 4.74 Å². The quantitative estimate of drug-likeness (QED) is 0.238. The molecule has 178 valence electrons. The van der Waals surface area contributed by atoms with E-state index >= 15 is 0 Å². The van der Waals surface area contributed by atoms with Crippen LogP contribution in [0.1, 0.15) is 31.0 Å². The molecule has 4 aromatic rings. The summed E-state index contributed by atoms with van der Waals surface area (Å²) in [4.78, 5) is 6.63. The SMILES string of the molecule is CC(C)[n+]1c(Nc2ccc(Oc3ncccc3C(F)(F)F)cc2)[nH]c2cc(C(F)(F)F)ccc21. The molecule has 0 unspecified atom stereocenters. The molecule has 0 amide bonds. The van der Waals surface area contributed by atoms with Crippen LogP contribution in [0.2, 0.25) is 0 Å². The van der Waals surface area contributed by atoms with Crippen LogP contribution >= 0.6 is 0 Å². The van der Waals surface area contributed by atoms with Gasteiger partial charge in [-0.2, -0.15) is 26.3 Å². The number of benzene rings is 2. The lowest BCUT2D eigenvalue weighted by Gasteiger charge is -2.12. The van der Waals surface area contributed by atoms with Crippen LogP contribution in [0, 0.1) is 0 Å². The van der Waals surface area contributed by atoms with Gasteiger partial charge in [0.1, 0.15) is 22.3 Å². The van der Waals surface area contributed by atoms with E-state index in [9.17, 15) is 26.3 Å². The Hall–Kier alpha value is -3.76. The van der Waals surface area contributed by atoms with Gasteiger partial charge in [-0.1, -0.05) is 0 Å². The lowest BCUT2D eigenvalue weighted by atomic mass is 10.2. The number of H-pyrrole nitrogens is 1. The number of ether oxygens (including phenoxy) is 1. The molecule has 0 fully saturated rings. The molecule has 0 aliphatic heterocycles. The van der Waals surface area contributed by atoms with E-state index in [2.05, 4.69) is 15.3 Å². The minimum atomic E-state index is -4.61. The van der Waals surface area contributed by atoms with Crippen molar-refractivity contribution in [2.75, 3.05) is 5.32 Å². The summed E-state index contributed by atoms with van der Waals surface area (Å²) in [5.41, 5.74) is -0.327. The predicted octanol–water partition coefficient (Wildman–Crippen LogP) is 7.00. The number of hydrogen-bond donors (Lipinski definition) is 2. The lowest BCUT2D eigenvalue weighted by molar-refractivity contribution is -0.677. The average Bonchev–Trinajstić information content (AvgIpc) is 3.11. The number of fused-ring (bicyclic) bond motifs is 1. The zero-order valence-electron chi connectivity index (χ0n) is 17.9. The summed E-state index contributed by atoms with van der Waals surface area (Å²) in [6.45, 7) is 3.77. The number of pyridine rings is 1. The molecule has 2 aromatic heterocycles. The van der Waals surface area contributed by atoms with Gasteiger partial charge in [-0.15, -0.1) is 0 Å². The van der Waals surface area contributed by atoms with Crippen molar-refractivity contribution in [3.8, 4) is 11.6 Å². The molecule has 11 heteroatoms. The summed E-state index contributed by atoms with van der Waals surface area (Å²) in [5.74, 6) is 0.0180. The Kier molecular flexibility index (Phi) is 5.88. The summed E-state index contributed by atoms with van der Waals surface area (Å²) < 4.78 is 85.8. The molecule has 0 spiro atoms. The Bertz CT molecular complexity index is 1310. The number of nitrogens with one attached hydrogen (secondary N) is 2. The van der Waals surface area contributed by atoms with Gasteiger partial charge in [0.25, 0.3) is 0 Å². The van der Waals surface area contributed by atoms with Crippen molar-refractivity contribution < 1.29 is 35.6 Å². The van der Waals surface area contributed by atoms with Gasteiger partial charge in [0.05, 0.1) is 17.3 Å². The summed E-state index contributed by atoms with van der Waals surface area (Å²) in [6, 6.07) is 11.5. The Labute approximate surface area is 190 Å². The second-order valence-corrected chi connectivity index (χ2v) is 7.77. The molecule has 0 saturated carbocycles. The Balaban J connectivity index is 1.60. The van der Waals surface area contributed by atoms with Crippen molar-refractivity contribution in [3.63, 3.8) is 0 Å². The first-order valence-corrected chi connectivity index (χ1v) is 10.1. The molecule has 2 N–H and O–H groups in total. The van der Waals surface area contributed by atoms with Crippen molar-refractivity contribution in [3.05, 3.63) is 71.9 Å². The summed E-state index contributed by atoms with van der Waals surface area (Å²) >= 11 is 0. The van der Waals surface area contributed by atoms with Gasteiger partial charge < -0.3 is 4.74 Å². The highest BCUT2D eigenvalue weighted by Crippen LogP contribution is 2.37. The Morgan fingerprint density at radius 3 is 2.26 bits per heavy atom. The third-order valence-electron chi connectivity index (χ3n) is 5.00. The zero-order chi connectivity index (χ0) is 24.7. The maximum atomic E-state index is 13.1. The Morgan fingerprint density at radius 1 is 0.941 bits per heavy atom. The number of aromatic nitrogens is 3. The fourth-order valence-electron chi connectivity index (χ4n) is 3.50. The molecular formula is C23H19F6N4O+. The second-order valence-electron chi connectivity index (χ2n) is 7.77. The molecule has 4 rings (SSSR count). The summed E-state index contributed by atoms with van der Waals surface area (Å²) in [5, 5.41) is 3.10. The van der Waals surface area contributed by atoms with E-state index in [0.717, 1.165) is 18.2 Å². The van der Waals surface area contributed by atoms with Crippen LogP contribution in [0.3, 0.4) is 0 Å². The summed E-state index contributed by atoms with van der Waals surface area (Å²) in [7, 11) is 0. The van der Waals surface area contributed by atoms with Crippen LogP contribution in [-0.2, 0) is 12.4 Å². The smallest absolute Gasteiger partial charge is 0.421 e. The fourth-order valence-corrected chi connectivity index (χ4v) is 3.50. The number of nitrogens with zero attached hydrogens (tertiary/aromatic N) is 2. The number of rotatable bonds is 5. The highest BCUT2D eigenvalue weighted by molar-refractivity contribution is 5.75. The van der Waals surface area contributed by atoms with Crippen molar-refractivity contribution in [1.29, 1.82) is 0 Å². The fraction of sp³-hybridized carbons (Fsp3) is 0.217. The highest BCUT2D eigenvalue weighted by atomic mass is 19.4. The van der Waals surface area contributed by atoms with Gasteiger partial charge in [0.15, 0.2) is 0 Å². The first kappa shape index (κ1) is 23.4. The number of alkyl halides is 6. The first-order valence-electron chi connectivity index (χ1n) is 10.1. The van der Waals surface area contributed by atoms with Gasteiger partial charge in [-0.25, -0.2) is 19.9 Å². The number of imidazole rings is 1. The number of halogens is 6. The monoisotopic (exact) mass is 481 g/mol. The van der Waals surface area contributed by atoms with E-state index in [1.165, 1.54) is 30.5 Å². The molecule has 0 bridgehead atoms. The molecule has 0 radical (unpaired) electrons. The van der Waals surface area contributed by atoms with Gasteiger partial charge in [0, 0.05) is 6.20 Å². The van der Waals surface area contributed by atoms with Crippen LogP contribution in [0.25, 0.3) is 11.0 Å². The second kappa shape index (κ2) is 8.54. The minimum Gasteiger partial charge on any atom is -0.438 e. The van der Waals surface area contributed by atoms with Gasteiger partial charge in [-0.05, 0) is 68.4 Å². The third kappa shape index (κ3) is 4.78. The molecule has 0 atom stereocenters. The van der Waals surface area contributed by atoms with E-state index < -0.39 is 29.4 Å². The van der Waals surface area contributed by atoms with Crippen LogP contribution in [0.15, 0.2) is 60.8 Å². The highest BCUT2D eigenvalue weighted by Gasteiger charge is 2.35. The molecular weight excluding hydrogens is 462 g/mol. The van der Waals surface area contributed by atoms with Crippen LogP contribution < -0.4 is 14.6 Å². The van der Waals surface area contributed by atoms with Crippen molar-refractivity contribution in [2.45, 2.75) is 32.2 Å². The van der Waals surface area contributed by atoms with Crippen molar-refractivity contribution in [1.82, 2.24) is 9.97 Å². The molecule has 2 heterocycles. The van der Waals surface area contributed by atoms with Crippen LogP contribution in [0.5, 0.6) is 11.6 Å². The lowest BCUT2D eigenvalue weighted by Crippen LogP contribution is -2.37. The van der Waals surface area contributed by atoms with Crippen molar-refractivity contribution in [2.24, 2.45) is 0 Å². The number of hydrogen-bond acceptors (Lipinski definition) is 3. The maximum absolute atomic E-state index is 13.1. The number of anilines is 2. The molecule has 5 nitrogen and oxygen atoms in total. The minimum absolute atomic E-state index is 0.0828. The van der Waals surface area contributed by atoms with Crippen molar-refractivity contribution >= 4 is 22.7 Å². The summed E-state index contributed by atoms with van der Waals surface area (Å²) in [6.07, 6.45) is -7.88. The zero-order valence-corrected chi connectivity index (χ0v) is 17.9. The van der Waals surface area contributed by atoms with E-state index in [1.807, 2.05) is 18.4 Å². The molecule has 0 saturated heterocycles. The van der Waals surface area contributed by atoms with E-state index in [1.54, 1.807) is 12.1 Å². The average molecular weight is 481 g/mol. The first-order chi connectivity index (χ1) is 15.9. The molecule has 0 aliphatic carbocycles. The number of aromatic amines is 1. The van der Waals surface area contributed by atoms with E-state index in [-0.39, 0.29) is 11.8 Å². The van der Waals surface area contributed by atoms with E-state index in [0.29, 0.717) is 22.7 Å². The topological polar surface area (TPSA) is 53.8 Å². The standard InChI is InChI=1S/C23H18F6N4O/c1-13(2)33-19-10-5-14(22(24,25)26)12-18(19)32-21(33)31-15-6-8-16(9-7-15)34-20-17(23(27,28)29)4-3-11-30-20/h3-13H,1-2H3,(H,31,32)/p+1. The van der Waals surface area contributed by atoms with Gasteiger partial charge in [0.2, 0.25) is 5.88 Å². The maximum Gasteiger partial charge on any atom is 0.421 e. The normalized spacial score (nSPS) is 12.4. The van der Waals surface area contributed by atoms with Gasteiger partial charge in [-0.3, -0.25) is 0 Å². The molecule has 0 aliphatic rings.